The molecule has 0 unspecified atom stereocenters. The molecule has 5 nitrogen and oxygen atoms in total. The van der Waals surface area contributed by atoms with Crippen molar-refractivity contribution in [2.45, 2.75) is 32.2 Å². The van der Waals surface area contributed by atoms with Crippen molar-refractivity contribution >= 4 is 23.0 Å². The summed E-state index contributed by atoms with van der Waals surface area (Å²) >= 11 is 1.63. The van der Waals surface area contributed by atoms with Crippen molar-refractivity contribution in [1.82, 2.24) is 9.91 Å². The smallest absolute Gasteiger partial charge is 0.257 e. The van der Waals surface area contributed by atoms with Crippen molar-refractivity contribution in [3.05, 3.63) is 52.2 Å². The van der Waals surface area contributed by atoms with Gasteiger partial charge < -0.3 is 5.11 Å². The van der Waals surface area contributed by atoms with Crippen LogP contribution in [-0.4, -0.2) is 46.3 Å². The summed E-state index contributed by atoms with van der Waals surface area (Å²) < 4.78 is 0. The van der Waals surface area contributed by atoms with Crippen molar-refractivity contribution < 1.29 is 9.90 Å². The predicted molar refractivity (Wildman–Crippen MR) is 108 cm³/mol. The summed E-state index contributed by atoms with van der Waals surface area (Å²) in [4.78, 5) is 16.4. The molecule has 4 rings (SSSR count). The van der Waals surface area contributed by atoms with Gasteiger partial charge in [0.2, 0.25) is 0 Å². The van der Waals surface area contributed by atoms with Crippen molar-refractivity contribution in [2.75, 3.05) is 19.6 Å². The lowest BCUT2D eigenvalue weighted by Crippen LogP contribution is -2.41. The van der Waals surface area contributed by atoms with Crippen LogP contribution < -0.4 is 0 Å². The number of aromatic hydroxyl groups is 1. The molecule has 1 atom stereocenters. The van der Waals surface area contributed by atoms with Gasteiger partial charge in [-0.1, -0.05) is 31.2 Å². The number of rotatable bonds is 4. The number of likely N-dealkylation sites (tertiary alicyclic amines) is 1. The van der Waals surface area contributed by atoms with Gasteiger partial charge in [0.05, 0.1) is 23.2 Å². The monoisotopic (exact) mass is 383 g/mol. The van der Waals surface area contributed by atoms with Gasteiger partial charge in [-0.2, -0.15) is 5.10 Å². The predicted octanol–water partition coefficient (Wildman–Crippen LogP) is 3.86. The standard InChI is InChI=1S/C21H25N3O2S/c1-15-8-10-23(11-9-15)14-21(26)24-18(16-5-2-3-6-19(16)25)13-17(22-24)20-7-4-12-27-20/h2-7,12,15,18,25H,8-11,13-14H2,1H3/t18-/m1/s1. The van der Waals surface area contributed by atoms with Gasteiger partial charge in [0.15, 0.2) is 0 Å². The highest BCUT2D eigenvalue weighted by Crippen LogP contribution is 2.37. The second-order valence-corrected chi connectivity index (χ2v) is 8.45. The summed E-state index contributed by atoms with van der Waals surface area (Å²) in [6.45, 7) is 4.58. The molecule has 142 valence electrons. The van der Waals surface area contributed by atoms with Crippen LogP contribution in [0.3, 0.4) is 0 Å². The molecule has 3 heterocycles. The molecule has 27 heavy (non-hydrogen) atoms. The zero-order valence-corrected chi connectivity index (χ0v) is 16.4. The van der Waals surface area contributed by atoms with E-state index in [1.807, 2.05) is 29.6 Å². The van der Waals surface area contributed by atoms with Crippen molar-refractivity contribution in [1.29, 1.82) is 0 Å². The second kappa shape index (κ2) is 7.82. The van der Waals surface area contributed by atoms with Crippen LogP contribution in [0.5, 0.6) is 5.75 Å². The minimum atomic E-state index is -0.250. The maximum atomic E-state index is 13.1. The Bertz CT molecular complexity index is 826. The molecule has 0 saturated carbocycles. The summed E-state index contributed by atoms with van der Waals surface area (Å²) in [5.74, 6) is 0.958. The number of hydrogen-bond donors (Lipinski definition) is 1. The zero-order valence-electron chi connectivity index (χ0n) is 15.5. The highest BCUT2D eigenvalue weighted by atomic mass is 32.1. The molecule has 2 aliphatic rings. The molecule has 1 amide bonds. The van der Waals surface area contributed by atoms with Gasteiger partial charge in [0, 0.05) is 12.0 Å². The Morgan fingerprint density at radius 2 is 2.00 bits per heavy atom. The molecule has 0 aliphatic carbocycles. The maximum absolute atomic E-state index is 13.1. The number of hydrogen-bond acceptors (Lipinski definition) is 5. The van der Waals surface area contributed by atoms with Crippen LogP contribution in [0.2, 0.25) is 0 Å². The SMILES string of the molecule is CC1CCN(CC(=O)N2N=C(c3cccs3)C[C@@H]2c2ccccc2O)CC1. The van der Waals surface area contributed by atoms with Crippen LogP contribution in [0.4, 0.5) is 0 Å². The molecule has 1 aromatic carbocycles. The van der Waals surface area contributed by atoms with Gasteiger partial charge in [-0.15, -0.1) is 11.3 Å². The van der Waals surface area contributed by atoms with E-state index in [2.05, 4.69) is 16.9 Å². The molecule has 6 heteroatoms. The Labute approximate surface area is 163 Å². The van der Waals surface area contributed by atoms with E-state index >= 15 is 0 Å². The fourth-order valence-corrected chi connectivity index (χ4v) is 4.55. The lowest BCUT2D eigenvalue weighted by molar-refractivity contribution is -0.134. The summed E-state index contributed by atoms with van der Waals surface area (Å²) in [6, 6.07) is 11.0. The Balaban J connectivity index is 1.57. The van der Waals surface area contributed by atoms with E-state index in [1.54, 1.807) is 28.5 Å². The Kier molecular flexibility index (Phi) is 5.27. The first-order chi connectivity index (χ1) is 13.1. The largest absolute Gasteiger partial charge is 0.508 e. The zero-order chi connectivity index (χ0) is 18.8. The van der Waals surface area contributed by atoms with Crippen LogP contribution in [0.15, 0.2) is 46.9 Å². The van der Waals surface area contributed by atoms with E-state index in [9.17, 15) is 9.90 Å². The number of phenolic OH excluding ortho intramolecular Hbond substituents is 1. The molecule has 1 fully saturated rings. The van der Waals surface area contributed by atoms with E-state index in [-0.39, 0.29) is 17.7 Å². The number of carbonyl (C=O) groups is 1. The molecule has 1 saturated heterocycles. The number of para-hydroxylation sites is 1. The number of hydrazone groups is 1. The Morgan fingerprint density at radius 1 is 1.22 bits per heavy atom. The molecular weight excluding hydrogens is 358 g/mol. The number of benzene rings is 1. The summed E-state index contributed by atoms with van der Waals surface area (Å²) in [5, 5.41) is 18.6. The van der Waals surface area contributed by atoms with Gasteiger partial charge in [0.25, 0.3) is 5.91 Å². The molecule has 0 bridgehead atoms. The van der Waals surface area contributed by atoms with Crippen molar-refractivity contribution in [3.63, 3.8) is 0 Å². The van der Waals surface area contributed by atoms with Gasteiger partial charge in [-0.05, 0) is 49.4 Å². The fourth-order valence-electron chi connectivity index (χ4n) is 3.83. The first kappa shape index (κ1) is 18.2. The highest BCUT2D eigenvalue weighted by Gasteiger charge is 2.35. The van der Waals surface area contributed by atoms with E-state index in [0.717, 1.165) is 48.0 Å². The van der Waals surface area contributed by atoms with Crippen LogP contribution in [0.25, 0.3) is 0 Å². The third-order valence-corrected chi connectivity index (χ3v) is 6.42. The van der Waals surface area contributed by atoms with Gasteiger partial charge in [-0.25, -0.2) is 5.01 Å². The third kappa shape index (κ3) is 3.92. The number of carbonyl (C=O) groups excluding carboxylic acids is 1. The quantitative estimate of drug-likeness (QED) is 0.872. The lowest BCUT2D eigenvalue weighted by Gasteiger charge is -2.31. The number of amides is 1. The summed E-state index contributed by atoms with van der Waals surface area (Å²) in [6.07, 6.45) is 2.90. The van der Waals surface area contributed by atoms with E-state index in [0.29, 0.717) is 13.0 Å². The van der Waals surface area contributed by atoms with E-state index < -0.39 is 0 Å². The Morgan fingerprint density at radius 3 is 2.70 bits per heavy atom. The first-order valence-electron chi connectivity index (χ1n) is 9.55. The van der Waals surface area contributed by atoms with Gasteiger partial charge >= 0.3 is 0 Å². The molecule has 1 aromatic heterocycles. The van der Waals surface area contributed by atoms with Crippen molar-refractivity contribution in [3.8, 4) is 5.75 Å². The molecule has 0 radical (unpaired) electrons. The second-order valence-electron chi connectivity index (χ2n) is 7.50. The van der Waals surface area contributed by atoms with Gasteiger partial charge in [0.1, 0.15) is 5.75 Å². The van der Waals surface area contributed by atoms with Crippen LogP contribution in [-0.2, 0) is 4.79 Å². The minimum Gasteiger partial charge on any atom is -0.508 e. The highest BCUT2D eigenvalue weighted by molar-refractivity contribution is 7.12. The van der Waals surface area contributed by atoms with E-state index in [1.165, 1.54) is 0 Å². The molecule has 2 aromatic rings. The lowest BCUT2D eigenvalue weighted by atomic mass is 9.99. The number of thiophene rings is 1. The maximum Gasteiger partial charge on any atom is 0.257 e. The van der Waals surface area contributed by atoms with E-state index in [4.69, 9.17) is 0 Å². The number of phenols is 1. The Hall–Kier alpha value is -2.18. The average Bonchev–Trinajstić information content (AvgIpc) is 3.33. The first-order valence-corrected chi connectivity index (χ1v) is 10.4. The van der Waals surface area contributed by atoms with Gasteiger partial charge in [-0.3, -0.25) is 9.69 Å². The normalized spacial score (nSPS) is 21.4. The molecule has 2 aliphatic heterocycles. The van der Waals surface area contributed by atoms with Crippen LogP contribution >= 0.6 is 11.3 Å². The minimum absolute atomic E-state index is 0.00404. The van der Waals surface area contributed by atoms with Crippen LogP contribution in [0.1, 0.15) is 42.7 Å². The number of nitrogens with zero attached hydrogens (tertiary/aromatic N) is 3. The van der Waals surface area contributed by atoms with Crippen LogP contribution in [0, 0.1) is 5.92 Å². The molecule has 0 spiro atoms. The third-order valence-electron chi connectivity index (χ3n) is 5.50. The number of piperidine rings is 1. The average molecular weight is 384 g/mol. The molecule has 1 N–H and O–H groups in total. The van der Waals surface area contributed by atoms with Crippen molar-refractivity contribution in [2.24, 2.45) is 11.0 Å². The summed E-state index contributed by atoms with van der Waals surface area (Å²) in [7, 11) is 0. The molecular formula is C21H25N3O2S. The topological polar surface area (TPSA) is 56.1 Å². The summed E-state index contributed by atoms with van der Waals surface area (Å²) in [5.41, 5.74) is 1.67. The fraction of sp³-hybridized carbons (Fsp3) is 0.429.